The van der Waals surface area contributed by atoms with Crippen LogP contribution in [0.2, 0.25) is 0 Å². The van der Waals surface area contributed by atoms with Crippen molar-refractivity contribution in [3.63, 3.8) is 0 Å². The predicted octanol–water partition coefficient (Wildman–Crippen LogP) is 3.50. The fourth-order valence-electron chi connectivity index (χ4n) is 2.60. The first-order chi connectivity index (χ1) is 12.8. The molecular weight excluding hydrogens is 382 g/mol. The van der Waals surface area contributed by atoms with E-state index >= 15 is 0 Å². The summed E-state index contributed by atoms with van der Waals surface area (Å²) in [4.78, 5) is 15.3. The first-order valence-corrected chi connectivity index (χ1v) is 11.0. The van der Waals surface area contributed by atoms with E-state index in [1.807, 2.05) is 36.5 Å². The third-order valence-corrected chi connectivity index (χ3v) is 6.88. The summed E-state index contributed by atoms with van der Waals surface area (Å²) in [6.45, 7) is 4.37. The maximum atomic E-state index is 12.8. The van der Waals surface area contributed by atoms with Gasteiger partial charge in [-0.25, -0.2) is 8.42 Å². The summed E-state index contributed by atoms with van der Waals surface area (Å²) in [6, 6.07) is 8.61. The largest absolute Gasteiger partial charge is 0.376 e. The van der Waals surface area contributed by atoms with E-state index in [2.05, 4.69) is 5.32 Å². The van der Waals surface area contributed by atoms with E-state index in [9.17, 15) is 13.2 Å². The number of rotatable bonds is 8. The highest BCUT2D eigenvalue weighted by molar-refractivity contribution is 7.89. The van der Waals surface area contributed by atoms with Gasteiger partial charge in [0.1, 0.15) is 0 Å². The molecule has 0 bridgehead atoms. The molecule has 0 saturated carbocycles. The second-order valence-corrected chi connectivity index (χ2v) is 8.92. The number of benzene rings is 1. The molecule has 0 fully saturated rings. The summed E-state index contributed by atoms with van der Waals surface area (Å²) in [5, 5.41) is 4.73. The number of sulfonamides is 1. The molecule has 2 rings (SSSR count). The highest BCUT2D eigenvalue weighted by Gasteiger charge is 2.23. The normalized spacial score (nSPS) is 11.9. The Balaban J connectivity index is 2.34. The summed E-state index contributed by atoms with van der Waals surface area (Å²) >= 11 is 1.53. The van der Waals surface area contributed by atoms with Crippen molar-refractivity contribution >= 4 is 44.7 Å². The van der Waals surface area contributed by atoms with E-state index in [0.29, 0.717) is 18.8 Å². The van der Waals surface area contributed by atoms with Gasteiger partial charge in [-0.1, -0.05) is 19.9 Å². The lowest BCUT2D eigenvalue weighted by Crippen LogP contribution is -2.30. The monoisotopic (exact) mass is 407 g/mol. The second kappa shape index (κ2) is 9.16. The van der Waals surface area contributed by atoms with Crippen LogP contribution >= 0.6 is 11.3 Å². The molecule has 1 heterocycles. The summed E-state index contributed by atoms with van der Waals surface area (Å²) in [5.41, 5.74) is 1.18. The van der Waals surface area contributed by atoms with Gasteiger partial charge in [0.25, 0.3) is 0 Å². The fourth-order valence-corrected chi connectivity index (χ4v) is 4.70. The average molecular weight is 408 g/mol. The van der Waals surface area contributed by atoms with Gasteiger partial charge in [0.2, 0.25) is 15.9 Å². The molecule has 0 aliphatic rings. The van der Waals surface area contributed by atoms with Crippen LogP contribution in [0.1, 0.15) is 18.7 Å². The van der Waals surface area contributed by atoms with Gasteiger partial charge in [0.05, 0.1) is 16.3 Å². The lowest BCUT2D eigenvalue weighted by atomic mass is 10.2. The molecule has 0 saturated heterocycles. The fraction of sp³-hybridized carbons (Fsp3) is 0.316. The van der Waals surface area contributed by atoms with Crippen LogP contribution in [-0.2, 0) is 14.8 Å². The van der Waals surface area contributed by atoms with Crippen LogP contribution in [0.4, 0.5) is 11.4 Å². The van der Waals surface area contributed by atoms with Gasteiger partial charge >= 0.3 is 0 Å². The van der Waals surface area contributed by atoms with E-state index in [1.165, 1.54) is 27.8 Å². The van der Waals surface area contributed by atoms with E-state index < -0.39 is 10.0 Å². The molecule has 0 spiro atoms. The first kappa shape index (κ1) is 21.1. The minimum absolute atomic E-state index is 0.161. The van der Waals surface area contributed by atoms with Crippen LogP contribution < -0.4 is 10.2 Å². The molecule has 27 heavy (non-hydrogen) atoms. The standard InChI is InChI=1S/C19H25N3O3S2/c1-5-22(6-2)27(24,25)16-10-11-18(21(3)4)17(14-16)20-19(23)12-9-15-8-7-13-26-15/h7-14H,5-6H2,1-4H3,(H,20,23)/b12-9+. The maximum absolute atomic E-state index is 12.8. The van der Waals surface area contributed by atoms with Gasteiger partial charge in [0, 0.05) is 38.1 Å². The minimum Gasteiger partial charge on any atom is -0.376 e. The van der Waals surface area contributed by atoms with Crippen LogP contribution in [0.25, 0.3) is 6.08 Å². The summed E-state index contributed by atoms with van der Waals surface area (Å²) in [6.07, 6.45) is 3.17. The summed E-state index contributed by atoms with van der Waals surface area (Å²) in [5.74, 6) is -0.316. The molecule has 1 N–H and O–H groups in total. The van der Waals surface area contributed by atoms with Crippen molar-refractivity contribution in [3.05, 3.63) is 46.7 Å². The molecule has 0 atom stereocenters. The third kappa shape index (κ3) is 5.18. The van der Waals surface area contributed by atoms with Gasteiger partial charge < -0.3 is 10.2 Å². The molecule has 1 aromatic carbocycles. The molecule has 0 aliphatic carbocycles. The lowest BCUT2D eigenvalue weighted by Gasteiger charge is -2.22. The molecule has 0 aliphatic heterocycles. The summed E-state index contributed by atoms with van der Waals surface area (Å²) in [7, 11) is 0.0741. The lowest BCUT2D eigenvalue weighted by molar-refractivity contribution is -0.111. The van der Waals surface area contributed by atoms with Gasteiger partial charge in [-0.15, -0.1) is 11.3 Å². The Morgan fingerprint density at radius 1 is 1.19 bits per heavy atom. The number of hydrogen-bond acceptors (Lipinski definition) is 5. The number of carbonyl (C=O) groups is 1. The predicted molar refractivity (Wildman–Crippen MR) is 113 cm³/mol. The van der Waals surface area contributed by atoms with Crippen molar-refractivity contribution in [2.45, 2.75) is 18.7 Å². The average Bonchev–Trinajstić information content (AvgIpc) is 3.14. The third-order valence-electron chi connectivity index (χ3n) is 3.99. The van der Waals surface area contributed by atoms with Crippen molar-refractivity contribution in [1.29, 1.82) is 0 Å². The number of carbonyl (C=O) groups excluding carboxylic acids is 1. The molecule has 1 aromatic heterocycles. The molecular formula is C19H25N3O3S2. The van der Waals surface area contributed by atoms with Crippen molar-refractivity contribution in [2.24, 2.45) is 0 Å². The first-order valence-electron chi connectivity index (χ1n) is 8.63. The Kier molecular flexibility index (Phi) is 7.18. The van der Waals surface area contributed by atoms with Crippen molar-refractivity contribution < 1.29 is 13.2 Å². The zero-order valence-corrected chi connectivity index (χ0v) is 17.6. The number of nitrogens with one attached hydrogen (secondary N) is 1. The Hall–Kier alpha value is -2.16. The molecule has 146 valence electrons. The Morgan fingerprint density at radius 3 is 2.44 bits per heavy atom. The van der Waals surface area contributed by atoms with Crippen LogP contribution in [0.15, 0.2) is 46.7 Å². The number of thiophene rings is 1. The van der Waals surface area contributed by atoms with E-state index in [4.69, 9.17) is 0 Å². The van der Waals surface area contributed by atoms with Crippen molar-refractivity contribution in [2.75, 3.05) is 37.4 Å². The smallest absolute Gasteiger partial charge is 0.248 e. The highest BCUT2D eigenvalue weighted by atomic mass is 32.2. The van der Waals surface area contributed by atoms with E-state index in [1.54, 1.807) is 32.1 Å². The Bertz CT molecular complexity index is 900. The van der Waals surface area contributed by atoms with E-state index in [-0.39, 0.29) is 10.8 Å². The zero-order chi connectivity index (χ0) is 20.0. The van der Waals surface area contributed by atoms with Crippen molar-refractivity contribution in [1.82, 2.24) is 4.31 Å². The highest BCUT2D eigenvalue weighted by Crippen LogP contribution is 2.29. The van der Waals surface area contributed by atoms with Gasteiger partial charge in [-0.2, -0.15) is 4.31 Å². The number of nitrogens with zero attached hydrogens (tertiary/aromatic N) is 2. The van der Waals surface area contributed by atoms with Gasteiger partial charge in [-0.3, -0.25) is 4.79 Å². The van der Waals surface area contributed by atoms with Gasteiger partial charge in [0.15, 0.2) is 0 Å². The SMILES string of the molecule is CCN(CC)S(=O)(=O)c1ccc(N(C)C)c(NC(=O)/C=C/c2cccs2)c1. The molecule has 0 radical (unpaired) electrons. The van der Waals surface area contributed by atoms with Crippen LogP contribution in [0, 0.1) is 0 Å². The molecule has 2 aromatic rings. The van der Waals surface area contributed by atoms with Crippen molar-refractivity contribution in [3.8, 4) is 0 Å². The maximum Gasteiger partial charge on any atom is 0.248 e. The second-order valence-electron chi connectivity index (χ2n) is 6.00. The van der Waals surface area contributed by atoms with Crippen LogP contribution in [-0.4, -0.2) is 45.8 Å². The number of hydrogen-bond donors (Lipinski definition) is 1. The Labute approximate surface area is 165 Å². The molecule has 0 unspecified atom stereocenters. The van der Waals surface area contributed by atoms with Gasteiger partial charge in [-0.05, 0) is 35.7 Å². The summed E-state index contributed by atoms with van der Waals surface area (Å²) < 4.78 is 27.0. The van der Waals surface area contributed by atoms with Crippen LogP contribution in [0.3, 0.4) is 0 Å². The Morgan fingerprint density at radius 2 is 1.89 bits per heavy atom. The number of amides is 1. The minimum atomic E-state index is -3.60. The topological polar surface area (TPSA) is 69.7 Å². The molecule has 8 heteroatoms. The number of anilines is 2. The van der Waals surface area contributed by atoms with E-state index in [0.717, 1.165) is 10.6 Å². The van der Waals surface area contributed by atoms with Crippen LogP contribution in [0.5, 0.6) is 0 Å². The molecule has 1 amide bonds. The quantitative estimate of drug-likeness (QED) is 0.680. The zero-order valence-electron chi connectivity index (χ0n) is 16.0. The molecule has 6 nitrogen and oxygen atoms in total.